The van der Waals surface area contributed by atoms with Gasteiger partial charge < -0.3 is 9.47 Å². The third-order valence-corrected chi connectivity index (χ3v) is 3.54. The second-order valence-corrected chi connectivity index (χ2v) is 6.26. The van der Waals surface area contributed by atoms with Gasteiger partial charge in [-0.3, -0.25) is 20.4 Å². The molecule has 0 atom stereocenters. The number of methoxy groups -OCH3 is 1. The van der Waals surface area contributed by atoms with E-state index in [0.717, 1.165) is 11.3 Å². The molecule has 0 heterocycles. The summed E-state index contributed by atoms with van der Waals surface area (Å²) in [5.74, 6) is 1.17. The minimum atomic E-state index is -0.386. The lowest BCUT2D eigenvalue weighted by Crippen LogP contribution is -2.42. The van der Waals surface area contributed by atoms with Crippen molar-refractivity contribution in [3.8, 4) is 11.5 Å². The normalized spacial score (nSPS) is 10.3. The van der Waals surface area contributed by atoms with Crippen LogP contribution in [0, 0.1) is 5.92 Å². The first-order valence-electron chi connectivity index (χ1n) is 8.43. The summed E-state index contributed by atoms with van der Waals surface area (Å²) in [6.07, 6.45) is 0.159. The van der Waals surface area contributed by atoms with Gasteiger partial charge in [-0.15, -0.1) is 0 Å². The van der Waals surface area contributed by atoms with E-state index in [-0.39, 0.29) is 18.2 Å². The molecule has 2 rings (SSSR count). The van der Waals surface area contributed by atoms with Gasteiger partial charge >= 0.3 is 0 Å². The highest BCUT2D eigenvalue weighted by Gasteiger charge is 2.08. The van der Waals surface area contributed by atoms with Crippen LogP contribution in [0.1, 0.15) is 29.8 Å². The predicted molar refractivity (Wildman–Crippen MR) is 99.1 cm³/mol. The summed E-state index contributed by atoms with van der Waals surface area (Å²) in [4.78, 5) is 24.0. The van der Waals surface area contributed by atoms with Gasteiger partial charge in [-0.1, -0.05) is 26.0 Å². The van der Waals surface area contributed by atoms with Gasteiger partial charge in [0, 0.05) is 5.56 Å². The molecule has 0 saturated carbocycles. The average molecular weight is 356 g/mol. The minimum absolute atomic E-state index is 0.159. The van der Waals surface area contributed by atoms with Crippen LogP contribution in [0.25, 0.3) is 0 Å². The fourth-order valence-corrected chi connectivity index (χ4v) is 2.14. The second kappa shape index (κ2) is 9.46. The first kappa shape index (κ1) is 19.3. The zero-order valence-corrected chi connectivity index (χ0v) is 15.2. The van der Waals surface area contributed by atoms with Gasteiger partial charge in [-0.05, 0) is 47.9 Å². The Morgan fingerprint density at radius 2 is 1.54 bits per heavy atom. The minimum Gasteiger partial charge on any atom is -0.497 e. The molecule has 0 aliphatic heterocycles. The Labute approximate surface area is 153 Å². The second-order valence-electron chi connectivity index (χ2n) is 6.26. The molecular formula is C20H24N2O4. The van der Waals surface area contributed by atoms with E-state index < -0.39 is 0 Å². The highest BCUT2D eigenvalue weighted by molar-refractivity contribution is 5.95. The van der Waals surface area contributed by atoms with Gasteiger partial charge in [0.2, 0.25) is 5.91 Å². The monoisotopic (exact) mass is 356 g/mol. The molecule has 0 aliphatic rings. The van der Waals surface area contributed by atoms with Crippen molar-refractivity contribution in [3.05, 3.63) is 59.7 Å². The lowest BCUT2D eigenvalue weighted by atomic mass is 10.1. The topological polar surface area (TPSA) is 76.7 Å². The van der Waals surface area contributed by atoms with Crippen LogP contribution >= 0.6 is 0 Å². The number of nitrogens with one attached hydrogen (secondary N) is 2. The molecule has 0 saturated heterocycles. The van der Waals surface area contributed by atoms with Crippen molar-refractivity contribution in [2.75, 3.05) is 13.7 Å². The maximum Gasteiger partial charge on any atom is 0.269 e. The molecule has 0 aromatic heterocycles. The van der Waals surface area contributed by atoms with Crippen molar-refractivity contribution in [1.29, 1.82) is 0 Å². The molecule has 0 fully saturated rings. The summed E-state index contributed by atoms with van der Waals surface area (Å²) in [6, 6.07) is 13.9. The highest BCUT2D eigenvalue weighted by atomic mass is 16.5. The number of carbonyl (C=O) groups is 2. The van der Waals surface area contributed by atoms with Crippen LogP contribution in [0.4, 0.5) is 0 Å². The summed E-state index contributed by atoms with van der Waals surface area (Å²) in [7, 11) is 1.58. The Hall–Kier alpha value is -3.02. The third-order valence-electron chi connectivity index (χ3n) is 3.54. The van der Waals surface area contributed by atoms with Crippen LogP contribution in [0.15, 0.2) is 48.5 Å². The Morgan fingerprint density at radius 1 is 0.923 bits per heavy atom. The molecule has 0 unspecified atom stereocenters. The van der Waals surface area contributed by atoms with Crippen LogP contribution < -0.4 is 20.3 Å². The molecular weight excluding hydrogens is 332 g/mol. The van der Waals surface area contributed by atoms with Crippen molar-refractivity contribution in [3.63, 3.8) is 0 Å². The number of ether oxygens (including phenoxy) is 2. The molecule has 0 spiro atoms. The smallest absolute Gasteiger partial charge is 0.269 e. The number of hydrogen-bond acceptors (Lipinski definition) is 4. The van der Waals surface area contributed by atoms with E-state index in [0.29, 0.717) is 23.8 Å². The fourth-order valence-electron chi connectivity index (χ4n) is 2.14. The summed E-state index contributed by atoms with van der Waals surface area (Å²) in [6.45, 7) is 4.75. The lowest BCUT2D eigenvalue weighted by Gasteiger charge is -2.10. The van der Waals surface area contributed by atoms with E-state index in [1.165, 1.54) is 0 Å². The molecule has 2 N–H and O–H groups in total. The zero-order valence-electron chi connectivity index (χ0n) is 15.2. The van der Waals surface area contributed by atoms with Crippen LogP contribution in [0.3, 0.4) is 0 Å². The molecule has 6 nitrogen and oxygen atoms in total. The Balaban J connectivity index is 1.80. The van der Waals surface area contributed by atoms with E-state index in [9.17, 15) is 9.59 Å². The van der Waals surface area contributed by atoms with Crippen molar-refractivity contribution >= 4 is 11.8 Å². The number of amides is 2. The van der Waals surface area contributed by atoms with Crippen LogP contribution in [-0.2, 0) is 11.2 Å². The molecule has 26 heavy (non-hydrogen) atoms. The van der Waals surface area contributed by atoms with E-state index in [4.69, 9.17) is 9.47 Å². The van der Waals surface area contributed by atoms with Gasteiger partial charge in [-0.25, -0.2) is 0 Å². The number of hydrazine groups is 1. The van der Waals surface area contributed by atoms with Crippen molar-refractivity contribution in [2.24, 2.45) is 5.92 Å². The highest BCUT2D eigenvalue weighted by Crippen LogP contribution is 2.13. The summed E-state index contributed by atoms with van der Waals surface area (Å²) < 4.78 is 10.6. The Morgan fingerprint density at radius 3 is 2.12 bits per heavy atom. The number of rotatable bonds is 7. The summed E-state index contributed by atoms with van der Waals surface area (Å²) in [5.41, 5.74) is 6.08. The number of carbonyl (C=O) groups excluding carboxylic acids is 2. The van der Waals surface area contributed by atoms with Gasteiger partial charge in [0.25, 0.3) is 5.91 Å². The van der Waals surface area contributed by atoms with E-state index in [1.807, 2.05) is 0 Å². The SMILES string of the molecule is COc1ccc(CC(=O)NNC(=O)c2ccc(OCC(C)C)cc2)cc1. The van der Waals surface area contributed by atoms with E-state index >= 15 is 0 Å². The van der Waals surface area contributed by atoms with Crippen molar-refractivity contribution in [2.45, 2.75) is 20.3 Å². The largest absolute Gasteiger partial charge is 0.497 e. The first-order valence-corrected chi connectivity index (χ1v) is 8.43. The molecule has 2 aromatic carbocycles. The van der Waals surface area contributed by atoms with Crippen LogP contribution in [0.5, 0.6) is 11.5 Å². The van der Waals surface area contributed by atoms with Gasteiger partial charge in [-0.2, -0.15) is 0 Å². The average Bonchev–Trinajstić information content (AvgIpc) is 2.65. The summed E-state index contributed by atoms with van der Waals surface area (Å²) >= 11 is 0. The maximum atomic E-state index is 12.1. The van der Waals surface area contributed by atoms with Crippen LogP contribution in [-0.4, -0.2) is 25.5 Å². The van der Waals surface area contributed by atoms with Crippen molar-refractivity contribution in [1.82, 2.24) is 10.9 Å². The van der Waals surface area contributed by atoms with E-state index in [1.54, 1.807) is 55.6 Å². The van der Waals surface area contributed by atoms with Gasteiger partial charge in [0.15, 0.2) is 0 Å². The third kappa shape index (κ3) is 6.12. The standard InChI is InChI=1S/C20H24N2O4/c1-14(2)13-26-18-10-6-16(7-11-18)20(24)22-21-19(23)12-15-4-8-17(25-3)9-5-15/h4-11,14H,12-13H2,1-3H3,(H,21,23)(H,22,24). The number of hydrogen-bond donors (Lipinski definition) is 2. The van der Waals surface area contributed by atoms with Crippen molar-refractivity contribution < 1.29 is 19.1 Å². The predicted octanol–water partition coefficient (Wildman–Crippen LogP) is 2.73. The molecule has 2 amide bonds. The number of benzene rings is 2. The molecule has 2 aromatic rings. The van der Waals surface area contributed by atoms with Crippen LogP contribution in [0.2, 0.25) is 0 Å². The quantitative estimate of drug-likeness (QED) is 0.748. The molecule has 138 valence electrons. The van der Waals surface area contributed by atoms with Gasteiger partial charge in [0.05, 0.1) is 20.1 Å². The first-order chi connectivity index (χ1) is 12.5. The molecule has 0 aliphatic carbocycles. The lowest BCUT2D eigenvalue weighted by molar-refractivity contribution is -0.121. The molecule has 6 heteroatoms. The maximum absolute atomic E-state index is 12.1. The Kier molecular flexibility index (Phi) is 7.02. The zero-order chi connectivity index (χ0) is 18.9. The fraction of sp³-hybridized carbons (Fsp3) is 0.300. The van der Waals surface area contributed by atoms with E-state index in [2.05, 4.69) is 24.7 Å². The molecule has 0 bridgehead atoms. The molecule has 0 radical (unpaired) electrons. The Bertz CT molecular complexity index is 724. The summed E-state index contributed by atoms with van der Waals surface area (Å²) in [5, 5.41) is 0. The van der Waals surface area contributed by atoms with Gasteiger partial charge in [0.1, 0.15) is 11.5 Å².